The van der Waals surface area contributed by atoms with Gasteiger partial charge in [0, 0.05) is 18.9 Å². The second-order valence-corrected chi connectivity index (χ2v) is 11.1. The molecule has 3 rings (SSSR count). The highest BCUT2D eigenvalue weighted by atomic mass is 16.7. The molecule has 0 aromatic rings. The van der Waals surface area contributed by atoms with E-state index in [0.29, 0.717) is 24.6 Å². The van der Waals surface area contributed by atoms with Crippen molar-refractivity contribution in [3.63, 3.8) is 0 Å². The molecule has 0 aliphatic carbocycles. The van der Waals surface area contributed by atoms with Crippen LogP contribution in [0.2, 0.25) is 0 Å². The minimum atomic E-state index is -0.445. The zero-order valence-electron chi connectivity index (χ0n) is 24.4. The Labute approximate surface area is 234 Å². The van der Waals surface area contributed by atoms with E-state index in [2.05, 4.69) is 44.8 Å². The third-order valence-electron chi connectivity index (χ3n) is 7.72. The van der Waals surface area contributed by atoms with Crippen LogP contribution in [-0.4, -0.2) is 81.7 Å². The molecule has 0 N–H and O–H groups in total. The van der Waals surface area contributed by atoms with Crippen LogP contribution >= 0.6 is 0 Å². The molecule has 218 valence electrons. The van der Waals surface area contributed by atoms with E-state index >= 15 is 0 Å². The molecule has 0 spiro atoms. The van der Waals surface area contributed by atoms with E-state index in [1.165, 1.54) is 0 Å². The number of carbonyl (C=O) groups is 1. The Morgan fingerprint density at radius 3 is 2.59 bits per heavy atom. The van der Waals surface area contributed by atoms with Gasteiger partial charge in [0.25, 0.3) is 0 Å². The maximum atomic E-state index is 12.4. The molecule has 0 aromatic carbocycles. The Balaban J connectivity index is 1.83. The van der Waals surface area contributed by atoms with E-state index in [0.717, 1.165) is 19.3 Å². The largest absolute Gasteiger partial charge is 0.499 e. The quantitative estimate of drug-likeness (QED) is 0.354. The second kappa shape index (κ2) is 15.6. The van der Waals surface area contributed by atoms with Gasteiger partial charge in [0.1, 0.15) is 24.6 Å². The van der Waals surface area contributed by atoms with Crippen molar-refractivity contribution in [2.24, 2.45) is 11.8 Å². The van der Waals surface area contributed by atoms with Crippen LogP contribution in [0.5, 0.6) is 0 Å². The summed E-state index contributed by atoms with van der Waals surface area (Å²) in [5.74, 6) is 3.04. The zero-order valence-corrected chi connectivity index (χ0v) is 24.4. The fourth-order valence-corrected chi connectivity index (χ4v) is 5.69. The topological polar surface area (TPSA) is 75.7 Å². The molecular weight excluding hydrogens is 498 g/mol. The van der Waals surface area contributed by atoms with Gasteiger partial charge in [-0.2, -0.15) is 0 Å². The average molecular weight is 546 g/mol. The second-order valence-electron chi connectivity index (χ2n) is 11.1. The van der Waals surface area contributed by atoms with E-state index in [1.807, 2.05) is 25.2 Å². The van der Waals surface area contributed by atoms with Crippen LogP contribution in [0, 0.1) is 24.2 Å². The lowest BCUT2D eigenvalue weighted by molar-refractivity contribution is -0.224. The van der Waals surface area contributed by atoms with Crippen molar-refractivity contribution >= 4 is 5.97 Å². The van der Waals surface area contributed by atoms with Crippen LogP contribution in [0.3, 0.4) is 0 Å². The first-order valence-corrected chi connectivity index (χ1v) is 14.2. The number of allylic oxidation sites excluding steroid dienone is 2. The van der Waals surface area contributed by atoms with Gasteiger partial charge in [0.05, 0.1) is 25.7 Å². The summed E-state index contributed by atoms with van der Waals surface area (Å²) in [5.41, 5.74) is 0. The van der Waals surface area contributed by atoms with E-state index in [4.69, 9.17) is 34.8 Å². The van der Waals surface area contributed by atoms with E-state index in [-0.39, 0.29) is 61.5 Å². The highest BCUT2D eigenvalue weighted by Gasteiger charge is 2.41. The number of ether oxygens (including phenoxy) is 6. The van der Waals surface area contributed by atoms with Gasteiger partial charge < -0.3 is 33.3 Å². The summed E-state index contributed by atoms with van der Waals surface area (Å²) < 4.78 is 36.2. The molecule has 3 aliphatic heterocycles. The zero-order chi connectivity index (χ0) is 28.4. The number of hydrogen-bond donors (Lipinski definition) is 0. The molecule has 0 amide bonds. The smallest absolute Gasteiger partial charge is 0.310 e. The summed E-state index contributed by atoms with van der Waals surface area (Å²) in [4.78, 5) is 14.7. The van der Waals surface area contributed by atoms with E-state index in [9.17, 15) is 4.79 Å². The highest BCUT2D eigenvalue weighted by molar-refractivity contribution is 5.71. The number of rotatable bonds is 6. The fraction of sp³-hybridized carbons (Fsp3) is 0.710. The summed E-state index contributed by atoms with van der Waals surface area (Å²) in [7, 11) is 5.78. The molecule has 8 heteroatoms. The van der Waals surface area contributed by atoms with Crippen molar-refractivity contribution < 1.29 is 33.2 Å². The number of esters is 1. The van der Waals surface area contributed by atoms with Crippen molar-refractivity contribution in [3.8, 4) is 12.3 Å². The van der Waals surface area contributed by atoms with Gasteiger partial charge in [-0.15, -0.1) is 6.42 Å². The summed E-state index contributed by atoms with van der Waals surface area (Å²) in [6.07, 6.45) is 17.9. The molecule has 3 aliphatic rings. The number of cyclic esters (lactones) is 1. The predicted molar refractivity (Wildman–Crippen MR) is 149 cm³/mol. The third-order valence-corrected chi connectivity index (χ3v) is 7.72. The molecule has 9 atom stereocenters. The molecule has 2 saturated heterocycles. The number of fused-ring (bicyclic) bond motifs is 1. The van der Waals surface area contributed by atoms with Gasteiger partial charge in [-0.05, 0) is 65.1 Å². The summed E-state index contributed by atoms with van der Waals surface area (Å²) in [5, 5.41) is 0. The Kier molecular flexibility index (Phi) is 12.5. The first kappa shape index (κ1) is 31.4. The normalized spacial score (nSPS) is 39.6. The van der Waals surface area contributed by atoms with Crippen molar-refractivity contribution in [1.29, 1.82) is 0 Å². The monoisotopic (exact) mass is 545 g/mol. The Morgan fingerprint density at radius 2 is 1.90 bits per heavy atom. The fourth-order valence-electron chi connectivity index (χ4n) is 5.69. The van der Waals surface area contributed by atoms with Crippen LogP contribution in [-0.2, 0) is 33.2 Å². The van der Waals surface area contributed by atoms with Crippen molar-refractivity contribution in [3.05, 3.63) is 36.1 Å². The molecule has 8 nitrogen and oxygen atoms in total. The van der Waals surface area contributed by atoms with Crippen LogP contribution in [0.15, 0.2) is 36.1 Å². The van der Waals surface area contributed by atoms with Gasteiger partial charge in [0.15, 0.2) is 12.6 Å². The van der Waals surface area contributed by atoms with Gasteiger partial charge in [-0.25, -0.2) is 0 Å². The van der Waals surface area contributed by atoms with Crippen molar-refractivity contribution in [2.75, 3.05) is 27.8 Å². The van der Waals surface area contributed by atoms with Crippen LogP contribution in [0.4, 0.5) is 0 Å². The number of carbonyl (C=O) groups excluding carboxylic acids is 1. The Bertz CT molecular complexity index is 907. The van der Waals surface area contributed by atoms with E-state index < -0.39 is 6.29 Å². The number of hydrogen-bond acceptors (Lipinski definition) is 8. The molecule has 0 saturated carbocycles. The summed E-state index contributed by atoms with van der Waals surface area (Å²) >= 11 is 0. The molecule has 0 aromatic heterocycles. The third kappa shape index (κ3) is 9.47. The van der Waals surface area contributed by atoms with Gasteiger partial charge in [0.2, 0.25) is 0 Å². The predicted octanol–water partition coefficient (Wildman–Crippen LogP) is 4.60. The number of methoxy groups -OCH3 is 1. The molecule has 0 bridgehead atoms. The molecule has 3 heterocycles. The average Bonchev–Trinajstić information content (AvgIpc) is 3.28. The minimum Gasteiger partial charge on any atom is -0.499 e. The molecule has 1 unspecified atom stereocenters. The maximum absolute atomic E-state index is 12.4. The van der Waals surface area contributed by atoms with Crippen LogP contribution < -0.4 is 0 Å². The standard InChI is InChI=1S/C31H47NO7/c1-8-18-35-30-20-24-19-21(2)26(38-29-17-14-25(32(5)6)23(4)37-29)13-11-9-10-12-22(3)36-28(33)16-15-27(34-7)31(24)39-30/h1,9-11,13,15,21-26,29-31H,12,14,16-20H2,2-7H3/b10-9+,13-11+,27-15-/t21-,22-,23-,24-,25+,26+,29?,30-,31-/m1/s1. The number of likely N-dealkylation sites (N-methyl/N-ethyl adjacent to an activating group) is 1. The van der Waals surface area contributed by atoms with Crippen LogP contribution in [0.25, 0.3) is 0 Å². The van der Waals surface area contributed by atoms with E-state index in [1.54, 1.807) is 13.2 Å². The highest BCUT2D eigenvalue weighted by Crippen LogP contribution is 2.38. The lowest BCUT2D eigenvalue weighted by atomic mass is 9.86. The number of terminal acetylenes is 1. The summed E-state index contributed by atoms with van der Waals surface area (Å²) in [6, 6.07) is 0.379. The van der Waals surface area contributed by atoms with Gasteiger partial charge in [-0.1, -0.05) is 37.1 Å². The van der Waals surface area contributed by atoms with Gasteiger partial charge in [-0.3, -0.25) is 4.79 Å². The molecular formula is C31H47NO7. The Morgan fingerprint density at radius 1 is 1.10 bits per heavy atom. The van der Waals surface area contributed by atoms with Crippen molar-refractivity contribution in [1.82, 2.24) is 4.90 Å². The van der Waals surface area contributed by atoms with Crippen LogP contribution in [0.1, 0.15) is 59.3 Å². The number of nitrogens with zero attached hydrogens (tertiary/aromatic N) is 1. The Hall–Kier alpha value is -2.15. The molecule has 39 heavy (non-hydrogen) atoms. The summed E-state index contributed by atoms with van der Waals surface area (Å²) in [6.45, 7) is 6.36. The lowest BCUT2D eigenvalue weighted by Gasteiger charge is -2.39. The molecule has 0 radical (unpaired) electrons. The SMILES string of the molecule is C#CCO[C@H]1C[C@H]2C[C@@H](C)[C@@H](OC3CC[C@H](N(C)C)[C@@H](C)O3)/C=C/C=C/C[C@@H](C)OC(=O)C/C=C(\OC)[C@@H]2O1. The maximum Gasteiger partial charge on any atom is 0.310 e. The minimum absolute atomic E-state index is 0.0798. The van der Waals surface area contributed by atoms with Crippen molar-refractivity contribution in [2.45, 2.75) is 102 Å². The molecule has 2 fully saturated rings. The lowest BCUT2D eigenvalue weighted by Crippen LogP contribution is -2.46. The first-order chi connectivity index (χ1) is 18.7. The van der Waals surface area contributed by atoms with Gasteiger partial charge >= 0.3 is 5.97 Å². The first-order valence-electron chi connectivity index (χ1n) is 14.2.